The molecule has 0 spiro atoms. The van der Waals surface area contributed by atoms with Crippen LogP contribution in [0.5, 0.6) is 0 Å². The minimum absolute atomic E-state index is 0.285. The fourth-order valence-corrected chi connectivity index (χ4v) is 1.67. The largest absolute Gasteiger partial charge is 0.479 e. The smallest absolute Gasteiger partial charge is 0.212 e. The van der Waals surface area contributed by atoms with Crippen molar-refractivity contribution in [1.29, 1.82) is 0 Å². The number of anilines is 2. The van der Waals surface area contributed by atoms with Gasteiger partial charge in [0.25, 0.3) is 0 Å². The van der Waals surface area contributed by atoms with Crippen LogP contribution in [-0.4, -0.2) is 23.1 Å². The minimum atomic E-state index is 0.285. The number of hydrogen-bond donors (Lipinski definition) is 3. The summed E-state index contributed by atoms with van der Waals surface area (Å²) >= 11 is 0. The molecular formula is C14H15N5O2. The third-order valence-electron chi connectivity index (χ3n) is 2.57. The highest BCUT2D eigenvalue weighted by molar-refractivity contribution is 5.74. The molecule has 1 amide bonds. The van der Waals surface area contributed by atoms with Gasteiger partial charge in [-0.2, -0.15) is 0 Å². The molecule has 7 nitrogen and oxygen atoms in total. The summed E-state index contributed by atoms with van der Waals surface area (Å²) in [5, 5.41) is 5.56. The third kappa shape index (κ3) is 4.20. The maximum atomic E-state index is 10.4. The Morgan fingerprint density at radius 1 is 1.29 bits per heavy atom. The van der Waals surface area contributed by atoms with Gasteiger partial charge in [-0.1, -0.05) is 0 Å². The van der Waals surface area contributed by atoms with Gasteiger partial charge in [0.15, 0.2) is 6.73 Å². The van der Waals surface area contributed by atoms with E-state index in [0.29, 0.717) is 12.2 Å². The van der Waals surface area contributed by atoms with Gasteiger partial charge >= 0.3 is 0 Å². The molecule has 0 fully saturated rings. The van der Waals surface area contributed by atoms with Crippen molar-refractivity contribution in [2.24, 2.45) is 5.73 Å². The van der Waals surface area contributed by atoms with E-state index in [-0.39, 0.29) is 6.73 Å². The molecule has 2 heterocycles. The summed E-state index contributed by atoms with van der Waals surface area (Å²) < 4.78 is 5.08. The lowest BCUT2D eigenvalue weighted by molar-refractivity contribution is -0.105. The van der Waals surface area contributed by atoms with Crippen LogP contribution in [-0.2, 0) is 9.53 Å². The Kier molecular flexibility index (Phi) is 5.11. The third-order valence-corrected chi connectivity index (χ3v) is 2.57. The number of carbonyl (C=O) groups excluding carboxylic acids is 1. The van der Waals surface area contributed by atoms with Crippen LogP contribution in [0.2, 0.25) is 0 Å². The van der Waals surface area contributed by atoms with E-state index >= 15 is 0 Å². The molecule has 0 saturated heterocycles. The first-order chi connectivity index (χ1) is 10.3. The maximum absolute atomic E-state index is 10.4. The summed E-state index contributed by atoms with van der Waals surface area (Å²) in [6.07, 6.45) is 8.33. The molecule has 0 unspecified atom stereocenters. The lowest BCUT2D eigenvalue weighted by atomic mass is 10.1. The fraction of sp³-hybridized carbons (Fsp3) is 0.0714. The second-order valence-electron chi connectivity index (χ2n) is 3.97. The van der Waals surface area contributed by atoms with Crippen LogP contribution in [0.4, 0.5) is 11.5 Å². The molecule has 2 aromatic heterocycles. The number of nitrogens with zero attached hydrogens (tertiary/aromatic N) is 2. The Morgan fingerprint density at radius 3 is 3.00 bits per heavy atom. The summed E-state index contributed by atoms with van der Waals surface area (Å²) in [4.78, 5) is 18.6. The summed E-state index contributed by atoms with van der Waals surface area (Å²) in [6, 6.07) is 5.52. The molecule has 108 valence electrons. The van der Waals surface area contributed by atoms with Crippen LogP contribution in [0.3, 0.4) is 0 Å². The number of ether oxygens (including phenoxy) is 1. The Labute approximate surface area is 121 Å². The Hall–Kier alpha value is -3.09. The molecule has 0 saturated carbocycles. The zero-order valence-corrected chi connectivity index (χ0v) is 11.2. The summed E-state index contributed by atoms with van der Waals surface area (Å²) in [5.41, 5.74) is 7.76. The van der Waals surface area contributed by atoms with Gasteiger partial charge < -0.3 is 21.1 Å². The van der Waals surface area contributed by atoms with Crippen LogP contribution < -0.4 is 16.4 Å². The van der Waals surface area contributed by atoms with E-state index in [1.807, 2.05) is 12.1 Å². The van der Waals surface area contributed by atoms with Crippen molar-refractivity contribution in [1.82, 2.24) is 9.97 Å². The number of nitrogens with two attached hydrogens (primary N) is 1. The standard InChI is InChI=1S/C14H15N5O2/c15-2-4-21-10-19-13-5-12(7-16-8-13)11-1-3-17-14(6-11)18-9-20/h1-9,19H,10,15H2,(H,17,18,20)/b4-2-. The van der Waals surface area contributed by atoms with Gasteiger partial charge in [0.1, 0.15) is 12.1 Å². The van der Waals surface area contributed by atoms with Crippen molar-refractivity contribution in [3.05, 3.63) is 49.3 Å². The number of amides is 1. The van der Waals surface area contributed by atoms with E-state index < -0.39 is 0 Å². The highest BCUT2D eigenvalue weighted by Crippen LogP contribution is 2.22. The van der Waals surface area contributed by atoms with Gasteiger partial charge in [0.05, 0.1) is 11.9 Å². The summed E-state index contributed by atoms with van der Waals surface area (Å²) in [5.74, 6) is 0.484. The highest BCUT2D eigenvalue weighted by atomic mass is 16.5. The monoisotopic (exact) mass is 285 g/mol. The van der Waals surface area contributed by atoms with Crippen molar-refractivity contribution >= 4 is 17.9 Å². The number of hydrogen-bond acceptors (Lipinski definition) is 6. The van der Waals surface area contributed by atoms with Crippen LogP contribution in [0.15, 0.2) is 49.3 Å². The number of rotatable bonds is 7. The van der Waals surface area contributed by atoms with Crippen LogP contribution in [0, 0.1) is 0 Å². The van der Waals surface area contributed by atoms with Crippen molar-refractivity contribution in [2.45, 2.75) is 0 Å². The quantitative estimate of drug-likeness (QED) is 0.308. The Morgan fingerprint density at radius 2 is 2.19 bits per heavy atom. The first kappa shape index (κ1) is 14.3. The van der Waals surface area contributed by atoms with E-state index in [0.717, 1.165) is 16.8 Å². The van der Waals surface area contributed by atoms with E-state index in [1.54, 1.807) is 24.7 Å². The fourth-order valence-electron chi connectivity index (χ4n) is 1.67. The average molecular weight is 285 g/mol. The highest BCUT2D eigenvalue weighted by Gasteiger charge is 2.02. The molecule has 0 radical (unpaired) electrons. The van der Waals surface area contributed by atoms with Crippen molar-refractivity contribution < 1.29 is 9.53 Å². The molecular weight excluding hydrogens is 270 g/mol. The molecule has 0 aliphatic carbocycles. The summed E-state index contributed by atoms with van der Waals surface area (Å²) in [6.45, 7) is 0.285. The molecule has 0 atom stereocenters. The topological polar surface area (TPSA) is 102 Å². The lowest BCUT2D eigenvalue weighted by Crippen LogP contribution is -2.03. The van der Waals surface area contributed by atoms with E-state index in [2.05, 4.69) is 20.6 Å². The van der Waals surface area contributed by atoms with Gasteiger partial charge in [-0.15, -0.1) is 0 Å². The lowest BCUT2D eigenvalue weighted by Gasteiger charge is -2.08. The molecule has 0 aromatic carbocycles. The normalized spacial score (nSPS) is 10.3. The first-order valence-electron chi connectivity index (χ1n) is 6.17. The minimum Gasteiger partial charge on any atom is -0.479 e. The van der Waals surface area contributed by atoms with Gasteiger partial charge in [-0.25, -0.2) is 4.98 Å². The van der Waals surface area contributed by atoms with E-state index in [4.69, 9.17) is 10.5 Å². The number of nitrogens with one attached hydrogen (secondary N) is 2. The van der Waals surface area contributed by atoms with Gasteiger partial charge in [-0.3, -0.25) is 9.78 Å². The molecule has 0 aliphatic rings. The van der Waals surface area contributed by atoms with Crippen molar-refractivity contribution in [3.8, 4) is 11.1 Å². The summed E-state index contributed by atoms with van der Waals surface area (Å²) in [7, 11) is 0. The first-order valence-corrected chi connectivity index (χ1v) is 6.17. The molecule has 7 heteroatoms. The average Bonchev–Trinajstić information content (AvgIpc) is 2.53. The van der Waals surface area contributed by atoms with Crippen LogP contribution in [0.1, 0.15) is 0 Å². The van der Waals surface area contributed by atoms with Crippen molar-refractivity contribution in [3.63, 3.8) is 0 Å². The van der Waals surface area contributed by atoms with Gasteiger partial charge in [0, 0.05) is 24.2 Å². The zero-order valence-electron chi connectivity index (χ0n) is 11.2. The molecule has 2 rings (SSSR count). The second-order valence-corrected chi connectivity index (χ2v) is 3.97. The molecule has 21 heavy (non-hydrogen) atoms. The number of aromatic nitrogens is 2. The van der Waals surface area contributed by atoms with Crippen molar-refractivity contribution in [2.75, 3.05) is 17.4 Å². The molecule has 2 aromatic rings. The molecule has 0 bridgehead atoms. The van der Waals surface area contributed by atoms with Crippen LogP contribution >= 0.6 is 0 Å². The maximum Gasteiger partial charge on any atom is 0.212 e. The predicted molar refractivity (Wildman–Crippen MR) is 80.1 cm³/mol. The number of carbonyl (C=O) groups is 1. The van der Waals surface area contributed by atoms with Gasteiger partial charge in [0.2, 0.25) is 6.41 Å². The Bertz CT molecular complexity index is 630. The van der Waals surface area contributed by atoms with E-state index in [9.17, 15) is 4.79 Å². The van der Waals surface area contributed by atoms with E-state index in [1.165, 1.54) is 12.5 Å². The molecule has 4 N–H and O–H groups in total. The van der Waals surface area contributed by atoms with Crippen LogP contribution in [0.25, 0.3) is 11.1 Å². The second kappa shape index (κ2) is 7.49. The molecule has 0 aliphatic heterocycles. The van der Waals surface area contributed by atoms with Gasteiger partial charge in [-0.05, 0) is 23.8 Å². The predicted octanol–water partition coefficient (Wildman–Crippen LogP) is 1.53. The number of pyridine rings is 2. The SMILES string of the molecule is N/C=C\OCNc1cncc(-c2ccnc(NC=O)c2)c1. The Balaban J connectivity index is 2.12. The zero-order chi connectivity index (χ0) is 14.9.